The zero-order valence-electron chi connectivity index (χ0n) is 13.1. The van der Waals surface area contributed by atoms with E-state index in [1.165, 1.54) is 12.1 Å². The first-order valence-electron chi connectivity index (χ1n) is 7.70. The van der Waals surface area contributed by atoms with Gasteiger partial charge in [0.2, 0.25) is 5.91 Å². The van der Waals surface area contributed by atoms with Gasteiger partial charge in [0.25, 0.3) is 0 Å². The summed E-state index contributed by atoms with van der Waals surface area (Å²) in [4.78, 5) is 14.4. The van der Waals surface area contributed by atoms with Crippen LogP contribution >= 0.6 is 0 Å². The van der Waals surface area contributed by atoms with E-state index in [2.05, 4.69) is 17.8 Å². The number of hydrogen-bond donors (Lipinski definition) is 2. The number of amides is 1. The summed E-state index contributed by atoms with van der Waals surface area (Å²) >= 11 is 0. The van der Waals surface area contributed by atoms with Crippen LogP contribution in [0.15, 0.2) is 24.3 Å². The molecule has 1 amide bonds. The Labute approximate surface area is 130 Å². The number of hydrazine groups is 1. The highest BCUT2D eigenvalue weighted by Crippen LogP contribution is 2.23. The number of carbonyl (C=O) groups is 1. The summed E-state index contributed by atoms with van der Waals surface area (Å²) in [6.07, 6.45) is 1.56. The molecule has 1 aromatic rings. The first-order chi connectivity index (χ1) is 10.7. The van der Waals surface area contributed by atoms with E-state index < -0.39 is 0 Å². The van der Waals surface area contributed by atoms with Crippen LogP contribution in [0.3, 0.4) is 0 Å². The highest BCUT2D eigenvalue weighted by molar-refractivity contribution is 5.82. The normalized spacial score (nSPS) is 21.0. The number of benzene rings is 1. The molecule has 5 nitrogen and oxygen atoms in total. The van der Waals surface area contributed by atoms with Gasteiger partial charge in [-0.1, -0.05) is 19.1 Å². The first kappa shape index (κ1) is 16.9. The SMILES string of the molecule is CCCN(CCOC)C(=O)C1CC(c2ccc(F)cc2)NN1. The van der Waals surface area contributed by atoms with E-state index in [1.54, 1.807) is 19.2 Å². The Balaban J connectivity index is 1.95. The van der Waals surface area contributed by atoms with E-state index in [0.29, 0.717) is 19.6 Å². The fraction of sp³-hybridized carbons (Fsp3) is 0.562. The van der Waals surface area contributed by atoms with E-state index >= 15 is 0 Å². The molecule has 0 aliphatic carbocycles. The number of nitrogens with one attached hydrogen (secondary N) is 2. The predicted octanol–water partition coefficient (Wildman–Crippen LogP) is 1.62. The van der Waals surface area contributed by atoms with Crippen molar-refractivity contribution in [1.29, 1.82) is 0 Å². The van der Waals surface area contributed by atoms with Crippen LogP contribution in [0.4, 0.5) is 4.39 Å². The maximum Gasteiger partial charge on any atom is 0.241 e. The summed E-state index contributed by atoms with van der Waals surface area (Å²) in [6.45, 7) is 3.91. The molecule has 0 aromatic heterocycles. The average molecular weight is 309 g/mol. The van der Waals surface area contributed by atoms with Crippen LogP contribution in [0.25, 0.3) is 0 Å². The van der Waals surface area contributed by atoms with Gasteiger partial charge in [-0.15, -0.1) is 0 Å². The Morgan fingerprint density at radius 1 is 1.32 bits per heavy atom. The third-order valence-corrected chi connectivity index (χ3v) is 3.84. The number of hydrogen-bond acceptors (Lipinski definition) is 4. The van der Waals surface area contributed by atoms with Crippen molar-refractivity contribution in [3.8, 4) is 0 Å². The molecular weight excluding hydrogens is 285 g/mol. The number of rotatable bonds is 7. The highest BCUT2D eigenvalue weighted by atomic mass is 19.1. The zero-order chi connectivity index (χ0) is 15.9. The number of halogens is 1. The standard InChI is InChI=1S/C16H24FN3O2/c1-3-8-20(9-10-22-2)16(21)15-11-14(18-19-15)12-4-6-13(17)7-5-12/h4-7,14-15,18-19H,3,8-11H2,1-2H3. The minimum atomic E-state index is -0.265. The summed E-state index contributed by atoms with van der Waals surface area (Å²) in [5.74, 6) is -0.174. The number of carbonyl (C=O) groups excluding carboxylic acids is 1. The molecule has 1 heterocycles. The third-order valence-electron chi connectivity index (χ3n) is 3.84. The van der Waals surface area contributed by atoms with E-state index in [9.17, 15) is 9.18 Å². The summed E-state index contributed by atoms with van der Waals surface area (Å²) in [7, 11) is 1.63. The van der Waals surface area contributed by atoms with Crippen molar-refractivity contribution in [3.05, 3.63) is 35.6 Å². The lowest BCUT2D eigenvalue weighted by molar-refractivity contribution is -0.133. The van der Waals surface area contributed by atoms with Crippen molar-refractivity contribution < 1.29 is 13.9 Å². The Kier molecular flexibility index (Phi) is 6.30. The fourth-order valence-corrected chi connectivity index (χ4v) is 2.66. The lowest BCUT2D eigenvalue weighted by atomic mass is 10.0. The van der Waals surface area contributed by atoms with Crippen molar-refractivity contribution in [2.24, 2.45) is 0 Å². The highest BCUT2D eigenvalue weighted by Gasteiger charge is 2.32. The topological polar surface area (TPSA) is 53.6 Å². The van der Waals surface area contributed by atoms with Crippen molar-refractivity contribution in [1.82, 2.24) is 15.8 Å². The van der Waals surface area contributed by atoms with Crippen LogP contribution < -0.4 is 10.9 Å². The zero-order valence-corrected chi connectivity index (χ0v) is 13.1. The Hall–Kier alpha value is -1.50. The lowest BCUT2D eigenvalue weighted by Gasteiger charge is -2.24. The second-order valence-electron chi connectivity index (χ2n) is 5.50. The van der Waals surface area contributed by atoms with Gasteiger partial charge in [-0.05, 0) is 30.5 Å². The maximum absolute atomic E-state index is 13.0. The number of nitrogens with zero attached hydrogens (tertiary/aromatic N) is 1. The molecule has 1 fully saturated rings. The molecule has 2 unspecified atom stereocenters. The molecule has 2 atom stereocenters. The van der Waals surface area contributed by atoms with Crippen LogP contribution in [0.2, 0.25) is 0 Å². The largest absolute Gasteiger partial charge is 0.383 e. The van der Waals surface area contributed by atoms with Gasteiger partial charge in [-0.25, -0.2) is 15.2 Å². The molecule has 2 N–H and O–H groups in total. The Morgan fingerprint density at radius 2 is 2.05 bits per heavy atom. The molecule has 1 saturated heterocycles. The first-order valence-corrected chi connectivity index (χ1v) is 7.70. The maximum atomic E-state index is 13.0. The molecule has 0 spiro atoms. The smallest absolute Gasteiger partial charge is 0.241 e. The lowest BCUT2D eigenvalue weighted by Crippen LogP contribution is -2.46. The molecule has 6 heteroatoms. The van der Waals surface area contributed by atoms with Crippen molar-refractivity contribution in [3.63, 3.8) is 0 Å². The monoisotopic (exact) mass is 309 g/mol. The quantitative estimate of drug-likeness (QED) is 0.804. The molecule has 0 radical (unpaired) electrons. The fourth-order valence-electron chi connectivity index (χ4n) is 2.66. The minimum Gasteiger partial charge on any atom is -0.383 e. The van der Waals surface area contributed by atoms with Gasteiger partial charge in [-0.2, -0.15) is 0 Å². The predicted molar refractivity (Wildman–Crippen MR) is 82.6 cm³/mol. The summed E-state index contributed by atoms with van der Waals surface area (Å²) < 4.78 is 18.0. The van der Waals surface area contributed by atoms with Crippen LogP contribution in [0.5, 0.6) is 0 Å². The van der Waals surface area contributed by atoms with Crippen molar-refractivity contribution in [2.75, 3.05) is 26.8 Å². The minimum absolute atomic E-state index is 0.0143. The van der Waals surface area contributed by atoms with Gasteiger partial charge in [0.1, 0.15) is 11.9 Å². The Bertz CT molecular complexity index is 481. The van der Waals surface area contributed by atoms with Gasteiger partial charge in [0.05, 0.1) is 6.61 Å². The number of methoxy groups -OCH3 is 1. The van der Waals surface area contributed by atoms with Crippen LogP contribution in [0, 0.1) is 5.82 Å². The van der Waals surface area contributed by atoms with Crippen molar-refractivity contribution in [2.45, 2.75) is 31.8 Å². The molecular formula is C16H24FN3O2. The summed E-state index contributed by atoms with van der Waals surface area (Å²) in [5, 5.41) is 0. The van der Waals surface area contributed by atoms with Gasteiger partial charge < -0.3 is 9.64 Å². The van der Waals surface area contributed by atoms with E-state index in [-0.39, 0.29) is 23.8 Å². The van der Waals surface area contributed by atoms with E-state index in [0.717, 1.165) is 18.5 Å². The van der Waals surface area contributed by atoms with Gasteiger partial charge in [0.15, 0.2) is 0 Å². The molecule has 0 bridgehead atoms. The summed E-state index contributed by atoms with van der Waals surface area (Å²) in [5.41, 5.74) is 7.16. The molecule has 22 heavy (non-hydrogen) atoms. The van der Waals surface area contributed by atoms with Gasteiger partial charge >= 0.3 is 0 Å². The average Bonchev–Trinajstić information content (AvgIpc) is 3.01. The second kappa shape index (κ2) is 8.22. The molecule has 1 aromatic carbocycles. The molecule has 1 aliphatic rings. The second-order valence-corrected chi connectivity index (χ2v) is 5.50. The van der Waals surface area contributed by atoms with Crippen LogP contribution in [0.1, 0.15) is 31.4 Å². The van der Waals surface area contributed by atoms with Gasteiger partial charge in [-0.3, -0.25) is 4.79 Å². The number of ether oxygens (including phenoxy) is 1. The Morgan fingerprint density at radius 3 is 2.68 bits per heavy atom. The van der Waals surface area contributed by atoms with E-state index in [4.69, 9.17) is 4.74 Å². The molecule has 2 rings (SSSR count). The van der Waals surface area contributed by atoms with E-state index in [1.807, 2.05) is 4.90 Å². The molecule has 1 aliphatic heterocycles. The molecule has 122 valence electrons. The molecule has 0 saturated carbocycles. The van der Waals surface area contributed by atoms with Gasteiger partial charge in [0, 0.05) is 26.2 Å². The van der Waals surface area contributed by atoms with Crippen molar-refractivity contribution >= 4 is 5.91 Å². The summed E-state index contributed by atoms with van der Waals surface area (Å²) in [6, 6.07) is 6.12. The third kappa shape index (κ3) is 4.25. The van der Waals surface area contributed by atoms with Crippen LogP contribution in [-0.4, -0.2) is 43.7 Å². The van der Waals surface area contributed by atoms with Crippen LogP contribution in [-0.2, 0) is 9.53 Å².